The fourth-order valence-electron chi connectivity index (χ4n) is 9.61. The predicted molar refractivity (Wildman–Crippen MR) is 224 cm³/mol. The van der Waals surface area contributed by atoms with Crippen molar-refractivity contribution in [3.8, 4) is 5.75 Å². The van der Waals surface area contributed by atoms with Crippen molar-refractivity contribution in [2.75, 3.05) is 80.7 Å². The van der Waals surface area contributed by atoms with Crippen molar-refractivity contribution < 1.29 is 41.9 Å². The molecule has 5 aliphatic heterocycles. The zero-order chi connectivity index (χ0) is 44.0. The van der Waals surface area contributed by atoms with E-state index in [2.05, 4.69) is 20.0 Å². The number of halogens is 3. The fraction of sp³-hybridized carbons (Fsp3) is 0.467. The van der Waals surface area contributed by atoms with E-state index >= 15 is 8.78 Å². The van der Waals surface area contributed by atoms with Gasteiger partial charge in [-0.3, -0.25) is 39.1 Å². The molecule has 5 heterocycles. The Morgan fingerprint density at radius 1 is 0.806 bits per heavy atom. The highest BCUT2D eigenvalue weighted by molar-refractivity contribution is 6.23. The molecule has 0 aliphatic carbocycles. The van der Waals surface area contributed by atoms with E-state index < -0.39 is 47.1 Å². The maximum atomic E-state index is 15.6. The Hall–Kier alpha value is -6.15. The average Bonchev–Trinajstić information content (AvgIpc) is 3.50. The normalized spacial score (nSPS) is 22.5. The molecule has 1 N–H and O–H groups in total. The summed E-state index contributed by atoms with van der Waals surface area (Å²) >= 11 is 0. The first-order valence-corrected chi connectivity index (χ1v) is 21.1. The van der Waals surface area contributed by atoms with Crippen LogP contribution in [0.15, 0.2) is 42.5 Å². The van der Waals surface area contributed by atoms with Crippen LogP contribution >= 0.6 is 0 Å². The minimum absolute atomic E-state index is 0.0109. The summed E-state index contributed by atoms with van der Waals surface area (Å²) in [6, 6.07) is 8.86. The monoisotopic (exact) mass is 854 g/mol. The molecular weight excluding hydrogens is 806 g/mol. The van der Waals surface area contributed by atoms with Gasteiger partial charge in [0.1, 0.15) is 29.2 Å². The number of hydrogen-bond acceptors (Lipinski definition) is 10. The number of methoxy groups -OCH3 is 1. The highest BCUT2D eigenvalue weighted by atomic mass is 19.1. The van der Waals surface area contributed by atoms with Gasteiger partial charge >= 0.3 is 0 Å². The number of hydrogen-bond donors (Lipinski definition) is 1. The van der Waals surface area contributed by atoms with Gasteiger partial charge in [-0.2, -0.15) is 0 Å². The number of piperazine rings is 2. The molecule has 3 aromatic carbocycles. The lowest BCUT2D eigenvalue weighted by Crippen LogP contribution is -2.58. The van der Waals surface area contributed by atoms with Gasteiger partial charge in [0, 0.05) is 100 Å². The quantitative estimate of drug-likeness (QED) is 0.238. The molecule has 0 spiro atoms. The molecule has 62 heavy (non-hydrogen) atoms. The number of ether oxygens (including phenoxy) is 1. The first kappa shape index (κ1) is 42.5. The molecule has 1 unspecified atom stereocenters. The smallest absolute Gasteiger partial charge is 0.262 e. The third kappa shape index (κ3) is 8.15. The molecule has 3 aromatic rings. The maximum absolute atomic E-state index is 15.6. The largest absolute Gasteiger partial charge is 0.508 e. The Morgan fingerprint density at radius 3 is 2.23 bits per heavy atom. The van der Waals surface area contributed by atoms with E-state index in [1.54, 1.807) is 23.1 Å². The fourth-order valence-corrected chi connectivity index (χ4v) is 9.61. The molecule has 5 aliphatic rings. The molecule has 8 rings (SSSR count). The lowest BCUT2D eigenvalue weighted by atomic mass is 9.95. The number of piperidine rings is 2. The van der Waals surface area contributed by atoms with Crippen molar-refractivity contribution in [1.29, 1.82) is 0 Å². The molecule has 0 bridgehead atoms. The van der Waals surface area contributed by atoms with Crippen molar-refractivity contribution in [3.05, 3.63) is 88.0 Å². The van der Waals surface area contributed by atoms with Crippen molar-refractivity contribution in [3.63, 3.8) is 0 Å². The van der Waals surface area contributed by atoms with Crippen LogP contribution in [0, 0.1) is 29.9 Å². The summed E-state index contributed by atoms with van der Waals surface area (Å²) < 4.78 is 51.2. The second-order valence-corrected chi connectivity index (χ2v) is 17.0. The van der Waals surface area contributed by atoms with Crippen LogP contribution in [0.4, 0.5) is 35.9 Å². The summed E-state index contributed by atoms with van der Waals surface area (Å²) in [4.78, 5) is 78.3. The second-order valence-electron chi connectivity index (χ2n) is 17.0. The summed E-state index contributed by atoms with van der Waals surface area (Å²) in [6.07, 6.45) is 1.47. The molecule has 4 fully saturated rings. The van der Waals surface area contributed by atoms with E-state index in [9.17, 15) is 28.4 Å². The van der Waals surface area contributed by atoms with Gasteiger partial charge in [0.15, 0.2) is 0 Å². The first-order chi connectivity index (χ1) is 29.7. The van der Waals surface area contributed by atoms with Crippen molar-refractivity contribution in [1.82, 2.24) is 20.0 Å². The topological polar surface area (TPSA) is 130 Å². The minimum atomic E-state index is -1.01. The number of nitrogens with one attached hydrogen (secondary N) is 1. The molecule has 4 saturated heterocycles. The van der Waals surface area contributed by atoms with Crippen LogP contribution in [0.1, 0.15) is 65.8 Å². The molecule has 0 aromatic heterocycles. The van der Waals surface area contributed by atoms with E-state index in [0.717, 1.165) is 49.1 Å². The standard InChI is InChI=1S/C45H49F3N8O6/c1-26-24-55(27(2)23-54(26)31-20-36(48)42(49-3)39(21-31)62-4)41(58)18-29-17-35(47)38(22-34(29)46)53-11-9-28(10-12-53)25-51-13-15-52(16-14-51)30-5-6-32-33(19-30)45(61)56(44(32)60)37-7-8-40(57)50-43(37)59/h5-6,17,19-22,26-28,37H,7-16,18,23-25H2,1-2,4H3,(H,50,57,59)/t26-,27+,37?/m0/s1. The minimum Gasteiger partial charge on any atom is -0.508 e. The molecule has 3 atom stereocenters. The third-order valence-electron chi connectivity index (χ3n) is 13.1. The van der Waals surface area contributed by atoms with Crippen LogP contribution < -0.4 is 24.8 Å². The third-order valence-corrected chi connectivity index (χ3v) is 13.1. The number of rotatable bonds is 9. The molecule has 14 nitrogen and oxygen atoms in total. The van der Waals surface area contributed by atoms with Crippen LogP contribution in [0.25, 0.3) is 4.85 Å². The number of nitrogens with zero attached hydrogens (tertiary/aromatic N) is 7. The lowest BCUT2D eigenvalue weighted by molar-refractivity contribution is -0.136. The second kappa shape index (κ2) is 17.3. The van der Waals surface area contributed by atoms with Crippen molar-refractivity contribution in [2.24, 2.45) is 5.92 Å². The van der Waals surface area contributed by atoms with Crippen LogP contribution in [0.3, 0.4) is 0 Å². The maximum Gasteiger partial charge on any atom is 0.262 e. The SMILES string of the molecule is [C-]#[N+]c1c(F)cc(N2C[C@@H](C)N(C(=O)Cc3cc(F)c(N4CCC(CN5CCN(c6ccc7c(c6)C(=O)N(C6CCC(=O)NC6=O)C7=O)CC5)CC4)cc3F)C[C@@H]2C)cc1OC. The zero-order valence-corrected chi connectivity index (χ0v) is 35.0. The van der Waals surface area contributed by atoms with Gasteiger partial charge in [-0.25, -0.2) is 18.0 Å². The molecule has 326 valence electrons. The molecule has 5 amide bonds. The highest BCUT2D eigenvalue weighted by Crippen LogP contribution is 2.37. The number of amides is 5. The van der Waals surface area contributed by atoms with Gasteiger partial charge in [-0.15, -0.1) is 0 Å². The predicted octanol–water partition coefficient (Wildman–Crippen LogP) is 4.77. The Bertz CT molecular complexity index is 2360. The van der Waals surface area contributed by atoms with Gasteiger partial charge in [-0.1, -0.05) is 0 Å². The summed E-state index contributed by atoms with van der Waals surface area (Å²) in [5.74, 6) is -3.86. The number of imide groups is 2. The van der Waals surface area contributed by atoms with Crippen LogP contribution in [0.5, 0.6) is 5.75 Å². The van der Waals surface area contributed by atoms with Gasteiger partial charge in [0.05, 0.1) is 36.9 Å². The van der Waals surface area contributed by atoms with E-state index in [-0.39, 0.29) is 77.6 Å². The van der Waals surface area contributed by atoms with Crippen LogP contribution in [-0.2, 0) is 20.8 Å². The number of fused-ring (bicyclic) bond motifs is 1. The van der Waals surface area contributed by atoms with Crippen molar-refractivity contribution >= 4 is 52.3 Å². The summed E-state index contributed by atoms with van der Waals surface area (Å²) in [5, 5.41) is 2.22. The highest BCUT2D eigenvalue weighted by Gasteiger charge is 2.45. The van der Waals surface area contributed by atoms with E-state index in [0.29, 0.717) is 44.3 Å². The molecule has 17 heteroatoms. The number of benzene rings is 3. The number of anilines is 3. The van der Waals surface area contributed by atoms with Crippen LogP contribution in [-0.4, -0.2) is 128 Å². The summed E-state index contributed by atoms with van der Waals surface area (Å²) in [5.41, 5.74) is 1.83. The summed E-state index contributed by atoms with van der Waals surface area (Å²) in [7, 11) is 1.37. The number of carbonyl (C=O) groups is 5. The lowest BCUT2D eigenvalue weighted by Gasteiger charge is -2.45. The van der Waals surface area contributed by atoms with E-state index in [1.807, 2.05) is 29.7 Å². The van der Waals surface area contributed by atoms with Crippen LogP contribution in [0.2, 0.25) is 0 Å². The van der Waals surface area contributed by atoms with Gasteiger partial charge < -0.3 is 24.3 Å². The Balaban J connectivity index is 0.811. The van der Waals surface area contributed by atoms with Gasteiger partial charge in [0.25, 0.3) is 17.5 Å². The van der Waals surface area contributed by atoms with Gasteiger partial charge in [0.2, 0.25) is 17.7 Å². The molecular formula is C45H49F3N8O6. The molecule has 0 radical (unpaired) electrons. The summed E-state index contributed by atoms with van der Waals surface area (Å²) in [6.45, 7) is 16.6. The zero-order valence-electron chi connectivity index (χ0n) is 35.0. The van der Waals surface area contributed by atoms with E-state index in [4.69, 9.17) is 11.3 Å². The van der Waals surface area contributed by atoms with E-state index in [1.165, 1.54) is 19.2 Å². The average molecular weight is 855 g/mol. The Kier molecular flexibility index (Phi) is 11.9. The Morgan fingerprint density at radius 2 is 1.53 bits per heavy atom. The van der Waals surface area contributed by atoms with Crippen molar-refractivity contribution in [2.45, 2.75) is 64.1 Å². The number of carbonyl (C=O) groups excluding carboxylic acids is 5. The Labute approximate surface area is 357 Å². The van der Waals surface area contributed by atoms with Gasteiger partial charge in [-0.05, 0) is 75.4 Å². The first-order valence-electron chi connectivity index (χ1n) is 21.1. The molecule has 0 saturated carbocycles.